The number of hydrogen-bond donors (Lipinski definition) is 3. The molecule has 0 aliphatic carbocycles. The van der Waals surface area contributed by atoms with Crippen molar-refractivity contribution in [2.24, 2.45) is 0 Å². The number of rotatable bonds is 7. The lowest BCUT2D eigenvalue weighted by Crippen LogP contribution is -2.38. The highest BCUT2D eigenvalue weighted by Gasteiger charge is 2.32. The smallest absolute Gasteiger partial charge is 0.352 e. The van der Waals surface area contributed by atoms with Crippen LogP contribution in [0, 0.1) is 0 Å². The van der Waals surface area contributed by atoms with Crippen molar-refractivity contribution in [2.45, 2.75) is 25.9 Å². The Morgan fingerprint density at radius 3 is 2.62 bits per heavy atom. The molecule has 3 N–H and O–H groups in total. The Kier molecular flexibility index (Phi) is 6.70. The third-order valence-corrected chi connectivity index (χ3v) is 2.46. The maximum atomic E-state index is 12.4. The number of nitrogens with one attached hydrogen (secondary N) is 3. The topological polar surface area (TPSA) is 78.9 Å². The zero-order valence-electron chi connectivity index (χ0n) is 11.6. The summed E-state index contributed by atoms with van der Waals surface area (Å²) in [5.74, 6) is -0.127. The Bertz CT molecular complexity index is 453. The van der Waals surface area contributed by atoms with Crippen molar-refractivity contribution in [3.8, 4) is 0 Å². The van der Waals surface area contributed by atoms with Crippen LogP contribution in [0.4, 0.5) is 23.9 Å². The van der Waals surface area contributed by atoms with E-state index in [0.717, 1.165) is 25.1 Å². The van der Waals surface area contributed by atoms with Gasteiger partial charge in [0.25, 0.3) is 0 Å². The first-order valence-corrected chi connectivity index (χ1v) is 6.59. The Morgan fingerprint density at radius 2 is 1.95 bits per heavy atom. The van der Waals surface area contributed by atoms with Crippen LogP contribution < -0.4 is 16.0 Å². The molecule has 1 heterocycles. The van der Waals surface area contributed by atoms with Crippen LogP contribution in [0.2, 0.25) is 0 Å². The fourth-order valence-corrected chi connectivity index (χ4v) is 1.39. The summed E-state index contributed by atoms with van der Waals surface area (Å²) in [6, 6.07) is 0.486. The number of halogens is 3. The SMILES string of the molecule is CCCCNC(=O)NCCNc1nccc(C(F)(F)F)n1. The van der Waals surface area contributed by atoms with E-state index in [1.165, 1.54) is 0 Å². The van der Waals surface area contributed by atoms with Crippen LogP contribution in [0.5, 0.6) is 0 Å². The Labute approximate surface area is 120 Å². The normalized spacial score (nSPS) is 11.0. The van der Waals surface area contributed by atoms with Crippen molar-refractivity contribution in [3.05, 3.63) is 18.0 Å². The minimum atomic E-state index is -4.50. The minimum absolute atomic E-state index is 0.127. The van der Waals surface area contributed by atoms with E-state index in [1.807, 2.05) is 6.92 Å². The third-order valence-electron chi connectivity index (χ3n) is 2.46. The van der Waals surface area contributed by atoms with E-state index in [-0.39, 0.29) is 25.1 Å². The molecular weight excluding hydrogens is 287 g/mol. The van der Waals surface area contributed by atoms with Crippen LogP contribution >= 0.6 is 0 Å². The fourth-order valence-electron chi connectivity index (χ4n) is 1.39. The number of hydrogen-bond acceptors (Lipinski definition) is 4. The zero-order chi connectivity index (χ0) is 15.7. The molecule has 1 aromatic heterocycles. The van der Waals surface area contributed by atoms with Crippen molar-refractivity contribution in [2.75, 3.05) is 25.0 Å². The highest BCUT2D eigenvalue weighted by atomic mass is 19.4. The lowest BCUT2D eigenvalue weighted by molar-refractivity contribution is -0.141. The summed E-state index contributed by atoms with van der Waals surface area (Å²) in [5.41, 5.74) is -1.01. The van der Waals surface area contributed by atoms with Crippen LogP contribution in [0.1, 0.15) is 25.5 Å². The fraction of sp³-hybridized carbons (Fsp3) is 0.583. The minimum Gasteiger partial charge on any atom is -0.352 e. The molecule has 0 radical (unpaired) electrons. The van der Waals surface area contributed by atoms with Crippen molar-refractivity contribution in [1.82, 2.24) is 20.6 Å². The van der Waals surface area contributed by atoms with Gasteiger partial charge in [0.2, 0.25) is 5.95 Å². The Morgan fingerprint density at radius 1 is 1.24 bits per heavy atom. The molecule has 0 bridgehead atoms. The van der Waals surface area contributed by atoms with Gasteiger partial charge in [-0.05, 0) is 12.5 Å². The number of carbonyl (C=O) groups excluding carboxylic acids is 1. The average Bonchev–Trinajstić information content (AvgIpc) is 2.43. The summed E-state index contributed by atoms with van der Waals surface area (Å²) in [5, 5.41) is 7.83. The van der Waals surface area contributed by atoms with Crippen molar-refractivity contribution in [1.29, 1.82) is 0 Å². The molecule has 1 aromatic rings. The van der Waals surface area contributed by atoms with Crippen molar-refractivity contribution >= 4 is 12.0 Å². The summed E-state index contributed by atoms with van der Waals surface area (Å²) in [6.45, 7) is 3.07. The van der Waals surface area contributed by atoms with E-state index in [0.29, 0.717) is 6.54 Å². The molecule has 0 spiro atoms. The number of urea groups is 1. The number of unbranched alkanes of at least 4 members (excludes halogenated alkanes) is 1. The molecule has 0 saturated carbocycles. The third kappa shape index (κ3) is 6.77. The van der Waals surface area contributed by atoms with Crippen molar-refractivity contribution < 1.29 is 18.0 Å². The maximum Gasteiger partial charge on any atom is 0.433 e. The second-order valence-corrected chi connectivity index (χ2v) is 4.23. The molecule has 118 valence electrons. The molecule has 0 aromatic carbocycles. The monoisotopic (exact) mass is 305 g/mol. The highest BCUT2D eigenvalue weighted by Crippen LogP contribution is 2.27. The molecule has 0 fully saturated rings. The van der Waals surface area contributed by atoms with Crippen LogP contribution in [0.15, 0.2) is 12.3 Å². The predicted molar refractivity (Wildman–Crippen MR) is 71.8 cm³/mol. The predicted octanol–water partition coefficient (Wildman–Crippen LogP) is 2.01. The summed E-state index contributed by atoms with van der Waals surface area (Å²) < 4.78 is 37.3. The molecule has 9 heteroatoms. The average molecular weight is 305 g/mol. The number of amides is 2. The van der Waals surface area contributed by atoms with Gasteiger partial charge in [-0.15, -0.1) is 0 Å². The Hall–Kier alpha value is -2.06. The molecule has 0 aliphatic heterocycles. The van der Waals surface area contributed by atoms with Crippen LogP contribution in [-0.4, -0.2) is 35.6 Å². The standard InChI is InChI=1S/C12H18F3N5O/c1-2-3-5-18-11(21)19-8-7-17-10-16-6-4-9(20-10)12(13,14)15/h4,6H,2-3,5,7-8H2,1H3,(H,16,17,20)(H2,18,19,21). The molecule has 21 heavy (non-hydrogen) atoms. The molecule has 1 rings (SSSR count). The summed E-state index contributed by atoms with van der Waals surface area (Å²) in [6.07, 6.45) is -1.60. The number of carbonyl (C=O) groups is 1. The molecule has 0 saturated heterocycles. The first-order chi connectivity index (χ1) is 9.93. The number of nitrogens with zero attached hydrogens (tertiary/aromatic N) is 2. The van der Waals surface area contributed by atoms with E-state index >= 15 is 0 Å². The first kappa shape index (κ1) is 17.0. The van der Waals surface area contributed by atoms with Gasteiger partial charge in [0.1, 0.15) is 5.69 Å². The lowest BCUT2D eigenvalue weighted by atomic mass is 10.3. The molecular formula is C12H18F3N5O. The van der Waals surface area contributed by atoms with E-state index in [2.05, 4.69) is 25.9 Å². The number of aromatic nitrogens is 2. The summed E-state index contributed by atoms with van der Waals surface area (Å²) in [4.78, 5) is 18.3. The second-order valence-electron chi connectivity index (χ2n) is 4.23. The van der Waals surface area contributed by atoms with Crippen LogP contribution in [-0.2, 0) is 6.18 Å². The maximum absolute atomic E-state index is 12.4. The number of anilines is 1. The van der Waals surface area contributed by atoms with Gasteiger partial charge in [-0.3, -0.25) is 0 Å². The van der Waals surface area contributed by atoms with Gasteiger partial charge in [0, 0.05) is 25.8 Å². The Balaban J connectivity index is 2.28. The van der Waals surface area contributed by atoms with Crippen LogP contribution in [0.3, 0.4) is 0 Å². The van der Waals surface area contributed by atoms with Crippen molar-refractivity contribution in [3.63, 3.8) is 0 Å². The largest absolute Gasteiger partial charge is 0.433 e. The molecule has 0 unspecified atom stereocenters. The lowest BCUT2D eigenvalue weighted by Gasteiger charge is -2.09. The van der Waals surface area contributed by atoms with E-state index < -0.39 is 11.9 Å². The van der Waals surface area contributed by atoms with Gasteiger partial charge in [-0.1, -0.05) is 13.3 Å². The number of alkyl halides is 3. The molecule has 6 nitrogen and oxygen atoms in total. The zero-order valence-corrected chi connectivity index (χ0v) is 11.6. The first-order valence-electron chi connectivity index (χ1n) is 6.59. The van der Waals surface area contributed by atoms with E-state index in [1.54, 1.807) is 0 Å². The molecule has 0 atom stereocenters. The molecule has 2 amide bonds. The van der Waals surface area contributed by atoms with Gasteiger partial charge >= 0.3 is 12.2 Å². The molecule has 0 aliphatic rings. The quantitative estimate of drug-likeness (QED) is 0.673. The van der Waals surface area contributed by atoms with Gasteiger partial charge in [-0.25, -0.2) is 14.8 Å². The van der Waals surface area contributed by atoms with Gasteiger partial charge in [0.15, 0.2) is 0 Å². The van der Waals surface area contributed by atoms with E-state index in [9.17, 15) is 18.0 Å². The highest BCUT2D eigenvalue weighted by molar-refractivity contribution is 5.73. The van der Waals surface area contributed by atoms with Crippen LogP contribution in [0.25, 0.3) is 0 Å². The van der Waals surface area contributed by atoms with Gasteiger partial charge in [0.05, 0.1) is 0 Å². The summed E-state index contributed by atoms with van der Waals surface area (Å²) >= 11 is 0. The van der Waals surface area contributed by atoms with Gasteiger partial charge in [-0.2, -0.15) is 13.2 Å². The summed E-state index contributed by atoms with van der Waals surface area (Å²) in [7, 11) is 0. The second kappa shape index (κ2) is 8.28. The van der Waals surface area contributed by atoms with E-state index in [4.69, 9.17) is 0 Å². The van der Waals surface area contributed by atoms with Gasteiger partial charge < -0.3 is 16.0 Å².